The Hall–Kier alpha value is -1.12. The highest BCUT2D eigenvalue weighted by Gasteiger charge is 2.35. The van der Waals surface area contributed by atoms with Crippen molar-refractivity contribution in [3.8, 4) is 0 Å². The van der Waals surface area contributed by atoms with Gasteiger partial charge in [0.15, 0.2) is 4.90 Å². The molecule has 1 aromatic carbocycles. The van der Waals surface area contributed by atoms with Crippen LogP contribution in [-0.4, -0.2) is 38.9 Å². The highest BCUT2D eigenvalue weighted by molar-refractivity contribution is 7.89. The summed E-state index contributed by atoms with van der Waals surface area (Å²) in [6.45, 7) is 0.834. The summed E-state index contributed by atoms with van der Waals surface area (Å²) in [5.41, 5.74) is 0. The van der Waals surface area contributed by atoms with Gasteiger partial charge in [0.2, 0.25) is 10.0 Å². The van der Waals surface area contributed by atoms with Gasteiger partial charge in [-0.05, 0) is 0 Å². The first kappa shape index (κ1) is 13.3. The van der Waals surface area contributed by atoms with Crippen molar-refractivity contribution in [1.29, 1.82) is 0 Å². The molecular weight excluding hydrogens is 269 g/mol. The summed E-state index contributed by atoms with van der Waals surface area (Å²) in [6, 6.07) is 0.352. The predicted octanol–water partition coefficient (Wildman–Crippen LogP) is 0.696. The van der Waals surface area contributed by atoms with Crippen molar-refractivity contribution in [3.63, 3.8) is 0 Å². The molecule has 0 amide bonds. The Morgan fingerprint density at radius 2 is 1.72 bits per heavy atom. The quantitative estimate of drug-likeness (QED) is 0.886. The van der Waals surface area contributed by atoms with Crippen molar-refractivity contribution in [3.05, 3.63) is 29.6 Å². The molecule has 18 heavy (non-hydrogen) atoms. The highest BCUT2D eigenvalue weighted by Crippen LogP contribution is 2.24. The molecule has 0 aromatic heterocycles. The lowest BCUT2D eigenvalue weighted by molar-refractivity contribution is 0.272. The first-order chi connectivity index (χ1) is 8.34. The molecule has 8 heteroatoms. The molecule has 1 saturated heterocycles. The molecule has 100 valence electrons. The van der Waals surface area contributed by atoms with Crippen molar-refractivity contribution < 1.29 is 21.6 Å². The third kappa shape index (κ3) is 2.11. The van der Waals surface area contributed by atoms with Crippen LogP contribution in [0.15, 0.2) is 17.0 Å². The fourth-order valence-corrected chi connectivity index (χ4v) is 3.09. The molecule has 0 atom stereocenters. The fourth-order valence-electron chi connectivity index (χ4n) is 1.65. The third-order valence-corrected chi connectivity index (χ3v) is 4.84. The number of sulfonamides is 1. The van der Waals surface area contributed by atoms with Crippen LogP contribution < -0.4 is 5.32 Å². The van der Waals surface area contributed by atoms with Crippen LogP contribution in [0.25, 0.3) is 0 Å². The highest BCUT2D eigenvalue weighted by atomic mass is 32.2. The molecule has 0 radical (unpaired) electrons. The molecule has 1 aliphatic rings. The Balaban J connectivity index is 2.47. The van der Waals surface area contributed by atoms with E-state index in [1.165, 1.54) is 7.05 Å². The number of benzene rings is 1. The van der Waals surface area contributed by atoms with Gasteiger partial charge in [-0.1, -0.05) is 0 Å². The minimum Gasteiger partial charge on any atom is -0.313 e. The molecule has 0 unspecified atom stereocenters. The van der Waals surface area contributed by atoms with E-state index in [0.29, 0.717) is 25.2 Å². The van der Waals surface area contributed by atoms with Crippen molar-refractivity contribution in [2.45, 2.75) is 10.9 Å². The monoisotopic (exact) mass is 280 g/mol. The van der Waals surface area contributed by atoms with E-state index in [2.05, 4.69) is 5.32 Å². The van der Waals surface area contributed by atoms with E-state index in [4.69, 9.17) is 0 Å². The first-order valence-corrected chi connectivity index (χ1v) is 6.61. The number of nitrogens with one attached hydrogen (secondary N) is 1. The lowest BCUT2D eigenvalue weighted by atomic mass is 10.2. The lowest BCUT2D eigenvalue weighted by Gasteiger charge is -2.34. The maximum Gasteiger partial charge on any atom is 0.249 e. The van der Waals surface area contributed by atoms with Crippen molar-refractivity contribution in [1.82, 2.24) is 9.62 Å². The van der Waals surface area contributed by atoms with Crippen LogP contribution in [0.1, 0.15) is 0 Å². The minimum absolute atomic E-state index is 0.348. The van der Waals surface area contributed by atoms with E-state index in [1.807, 2.05) is 0 Å². The van der Waals surface area contributed by atoms with E-state index in [9.17, 15) is 21.6 Å². The van der Waals surface area contributed by atoms with Crippen LogP contribution in [0.5, 0.6) is 0 Å². The van der Waals surface area contributed by atoms with Gasteiger partial charge < -0.3 is 5.32 Å². The number of nitrogens with zero attached hydrogens (tertiary/aromatic N) is 1. The van der Waals surface area contributed by atoms with Gasteiger partial charge >= 0.3 is 0 Å². The maximum atomic E-state index is 13.5. The standard InChI is InChI=1S/C10H11F3N2O2S/c1-15(7-4-14-5-7)18(16,17)10-8(12)2-6(11)3-9(10)13/h2-3,7,14H,4-5H2,1H3. The molecule has 1 N–H and O–H groups in total. The number of hydrogen-bond acceptors (Lipinski definition) is 3. The average molecular weight is 280 g/mol. The minimum atomic E-state index is -4.30. The van der Waals surface area contributed by atoms with Gasteiger partial charge in [0.05, 0.1) is 0 Å². The number of likely N-dealkylation sites (N-methyl/N-ethyl adjacent to an activating group) is 1. The molecule has 0 saturated carbocycles. The zero-order valence-electron chi connectivity index (χ0n) is 9.45. The normalized spacial score (nSPS) is 16.9. The Morgan fingerprint density at radius 3 is 2.11 bits per heavy atom. The summed E-state index contributed by atoms with van der Waals surface area (Å²) in [4.78, 5) is -1.11. The maximum absolute atomic E-state index is 13.5. The summed E-state index contributed by atoms with van der Waals surface area (Å²) >= 11 is 0. The average Bonchev–Trinajstić information content (AvgIpc) is 2.11. The summed E-state index contributed by atoms with van der Waals surface area (Å²) in [6.07, 6.45) is 0. The van der Waals surface area contributed by atoms with E-state index in [0.717, 1.165) is 4.31 Å². The van der Waals surface area contributed by atoms with Gasteiger partial charge in [-0.25, -0.2) is 21.6 Å². The molecule has 1 aromatic rings. The third-order valence-electron chi connectivity index (χ3n) is 2.87. The molecule has 1 heterocycles. The predicted molar refractivity (Wildman–Crippen MR) is 57.9 cm³/mol. The summed E-state index contributed by atoms with van der Waals surface area (Å²) in [5.74, 6) is -4.00. The fraction of sp³-hybridized carbons (Fsp3) is 0.400. The molecule has 2 rings (SSSR count). The smallest absolute Gasteiger partial charge is 0.249 e. The molecule has 0 bridgehead atoms. The zero-order valence-corrected chi connectivity index (χ0v) is 10.3. The van der Waals surface area contributed by atoms with Crippen LogP contribution in [0, 0.1) is 17.5 Å². The van der Waals surface area contributed by atoms with Crippen LogP contribution in [0.3, 0.4) is 0 Å². The molecular formula is C10H11F3N2O2S. The van der Waals surface area contributed by atoms with Gasteiger partial charge in [-0.2, -0.15) is 4.31 Å². The first-order valence-electron chi connectivity index (χ1n) is 5.17. The van der Waals surface area contributed by atoms with Crippen molar-refractivity contribution in [2.24, 2.45) is 0 Å². The number of rotatable bonds is 3. The van der Waals surface area contributed by atoms with Crippen LogP contribution >= 0.6 is 0 Å². The van der Waals surface area contributed by atoms with E-state index in [-0.39, 0.29) is 6.04 Å². The number of halogens is 3. The van der Waals surface area contributed by atoms with Crippen LogP contribution in [0.2, 0.25) is 0 Å². The molecule has 4 nitrogen and oxygen atoms in total. The van der Waals surface area contributed by atoms with E-state index in [1.54, 1.807) is 0 Å². The van der Waals surface area contributed by atoms with Crippen molar-refractivity contribution in [2.75, 3.05) is 20.1 Å². The topological polar surface area (TPSA) is 49.4 Å². The molecule has 1 aliphatic heterocycles. The Kier molecular flexibility index (Phi) is 3.35. The Bertz CT molecular complexity index is 549. The van der Waals surface area contributed by atoms with Crippen LogP contribution in [-0.2, 0) is 10.0 Å². The van der Waals surface area contributed by atoms with Gasteiger partial charge in [0.1, 0.15) is 17.5 Å². The van der Waals surface area contributed by atoms with Gasteiger partial charge in [-0.3, -0.25) is 0 Å². The summed E-state index contributed by atoms with van der Waals surface area (Å²) < 4.78 is 64.6. The van der Waals surface area contributed by atoms with Gasteiger partial charge in [-0.15, -0.1) is 0 Å². The molecule has 0 aliphatic carbocycles. The zero-order chi connectivity index (χ0) is 13.5. The van der Waals surface area contributed by atoms with Crippen LogP contribution in [0.4, 0.5) is 13.2 Å². The number of hydrogen-bond donors (Lipinski definition) is 1. The second kappa shape index (κ2) is 4.52. The van der Waals surface area contributed by atoms with Gasteiger partial charge in [0, 0.05) is 38.3 Å². The van der Waals surface area contributed by atoms with Gasteiger partial charge in [0.25, 0.3) is 0 Å². The summed E-state index contributed by atoms with van der Waals surface area (Å²) in [7, 11) is -3.06. The van der Waals surface area contributed by atoms with E-state index >= 15 is 0 Å². The van der Waals surface area contributed by atoms with Crippen molar-refractivity contribution >= 4 is 10.0 Å². The Labute approximate surface area is 102 Å². The van der Waals surface area contributed by atoms with E-state index < -0.39 is 32.4 Å². The second-order valence-electron chi connectivity index (χ2n) is 4.03. The largest absolute Gasteiger partial charge is 0.313 e. The SMILES string of the molecule is CN(C1CNC1)S(=O)(=O)c1c(F)cc(F)cc1F. The Morgan fingerprint density at radius 1 is 1.22 bits per heavy atom. The molecule has 0 spiro atoms. The lowest BCUT2D eigenvalue weighted by Crippen LogP contribution is -2.57. The second-order valence-corrected chi connectivity index (χ2v) is 5.97. The summed E-state index contributed by atoms with van der Waals surface area (Å²) in [5, 5.41) is 2.85. The molecule has 1 fully saturated rings.